The molecule has 0 radical (unpaired) electrons. The summed E-state index contributed by atoms with van der Waals surface area (Å²) < 4.78 is 2.64. The number of nitrogens with zero attached hydrogens (tertiary/aromatic N) is 2. The van der Waals surface area contributed by atoms with Crippen molar-refractivity contribution in [3.05, 3.63) is 22.4 Å². The van der Waals surface area contributed by atoms with Crippen LogP contribution in [0.5, 0.6) is 0 Å². The maximum absolute atomic E-state index is 11.2. The number of carbonyl (C=O) groups excluding carboxylic acids is 1. The van der Waals surface area contributed by atoms with Gasteiger partial charge in [-0.2, -0.15) is 0 Å². The number of nitrogens with two attached hydrogens (primary N) is 1. The lowest BCUT2D eigenvalue weighted by Gasteiger charge is -2.08. The van der Waals surface area contributed by atoms with Gasteiger partial charge in [0.25, 0.3) is 5.91 Å². The van der Waals surface area contributed by atoms with Crippen LogP contribution in [0.25, 0.3) is 5.65 Å². The molecule has 0 unspecified atom stereocenters. The number of hydroxylamine groups is 1. The number of amides is 1. The highest BCUT2D eigenvalue weighted by atomic mass is 79.9. The average Bonchev–Trinajstić information content (AvgIpc) is 2.80. The van der Waals surface area contributed by atoms with E-state index in [-0.39, 0.29) is 6.54 Å². The number of carbonyl (C=O) groups is 1. The molecule has 0 aliphatic carbocycles. The first kappa shape index (κ1) is 15.6. The highest BCUT2D eigenvalue weighted by molar-refractivity contribution is 9.10. The Morgan fingerprint density at radius 1 is 1.57 bits per heavy atom. The monoisotopic (exact) mass is 355 g/mol. The second kappa shape index (κ2) is 6.77. The van der Waals surface area contributed by atoms with Crippen LogP contribution in [-0.4, -0.2) is 27.0 Å². The summed E-state index contributed by atoms with van der Waals surface area (Å²) in [5.41, 5.74) is 9.65. The van der Waals surface area contributed by atoms with E-state index in [4.69, 9.17) is 10.9 Å². The van der Waals surface area contributed by atoms with Gasteiger partial charge in [0.1, 0.15) is 5.82 Å². The number of imidazole rings is 1. The van der Waals surface area contributed by atoms with Crippen LogP contribution < -0.4 is 16.5 Å². The molecule has 0 bridgehead atoms. The zero-order valence-electron chi connectivity index (χ0n) is 11.7. The third-order valence-electron chi connectivity index (χ3n) is 3.10. The molecule has 114 valence electrons. The molecule has 0 atom stereocenters. The summed E-state index contributed by atoms with van der Waals surface area (Å²) in [6, 6.07) is 1.79. The number of nitrogens with one attached hydrogen (secondary N) is 2. The smallest absolute Gasteiger partial charge is 0.262 e. The molecule has 8 heteroatoms. The first-order chi connectivity index (χ1) is 10.1. The van der Waals surface area contributed by atoms with Crippen molar-refractivity contribution in [2.24, 2.45) is 0 Å². The molecule has 2 rings (SSSR count). The van der Waals surface area contributed by atoms with Gasteiger partial charge < -0.3 is 11.1 Å². The highest BCUT2D eigenvalue weighted by Gasteiger charge is 2.15. The predicted octanol–water partition coefficient (Wildman–Crippen LogP) is 1.94. The van der Waals surface area contributed by atoms with Crippen LogP contribution in [0.2, 0.25) is 0 Å². The number of anilines is 2. The molecule has 2 aromatic rings. The Balaban J connectivity index is 2.43. The van der Waals surface area contributed by atoms with Gasteiger partial charge in [0.15, 0.2) is 5.65 Å². The van der Waals surface area contributed by atoms with Gasteiger partial charge in [-0.3, -0.25) is 14.4 Å². The first-order valence-corrected chi connectivity index (χ1v) is 7.48. The van der Waals surface area contributed by atoms with E-state index in [0.29, 0.717) is 11.3 Å². The van der Waals surface area contributed by atoms with Crippen LogP contribution in [0.1, 0.15) is 25.5 Å². The lowest BCUT2D eigenvalue weighted by Crippen LogP contribution is -2.27. The summed E-state index contributed by atoms with van der Waals surface area (Å²) in [5.74, 6) is 0.199. The summed E-state index contributed by atoms with van der Waals surface area (Å²) in [6.07, 6.45) is 4.67. The summed E-state index contributed by atoms with van der Waals surface area (Å²) >= 11 is 3.40. The summed E-state index contributed by atoms with van der Waals surface area (Å²) in [5, 5.41) is 11.6. The molecule has 0 saturated carbocycles. The van der Waals surface area contributed by atoms with Gasteiger partial charge in [0.05, 0.1) is 17.9 Å². The van der Waals surface area contributed by atoms with Gasteiger partial charge in [-0.1, -0.05) is 13.3 Å². The van der Waals surface area contributed by atoms with E-state index >= 15 is 0 Å². The van der Waals surface area contributed by atoms with Crippen molar-refractivity contribution in [1.82, 2.24) is 14.9 Å². The molecular weight excluding hydrogens is 338 g/mol. The maximum atomic E-state index is 11.2. The van der Waals surface area contributed by atoms with Crippen molar-refractivity contribution in [1.29, 1.82) is 0 Å². The van der Waals surface area contributed by atoms with Crippen LogP contribution >= 0.6 is 15.9 Å². The van der Waals surface area contributed by atoms with E-state index in [1.165, 1.54) is 0 Å². The minimum atomic E-state index is -0.519. The zero-order chi connectivity index (χ0) is 15.4. The number of hydrogen-bond acceptors (Lipinski definition) is 5. The fourth-order valence-electron chi connectivity index (χ4n) is 2.09. The quantitative estimate of drug-likeness (QED) is 0.468. The zero-order valence-corrected chi connectivity index (χ0v) is 13.3. The van der Waals surface area contributed by atoms with Crippen LogP contribution in [0, 0.1) is 0 Å². The van der Waals surface area contributed by atoms with Crippen molar-refractivity contribution in [2.75, 3.05) is 17.6 Å². The van der Waals surface area contributed by atoms with Gasteiger partial charge in [-0.25, -0.2) is 10.5 Å². The van der Waals surface area contributed by atoms with Gasteiger partial charge in [-0.05, 0) is 34.8 Å². The van der Waals surface area contributed by atoms with E-state index < -0.39 is 5.91 Å². The molecule has 2 heterocycles. The SMILES string of the molecule is CCCCc1nc2c(N)cc(Br)cn2c1NCC(=O)NO. The third-order valence-corrected chi connectivity index (χ3v) is 3.53. The molecule has 0 saturated heterocycles. The second-order valence-electron chi connectivity index (χ2n) is 4.71. The van der Waals surface area contributed by atoms with Crippen molar-refractivity contribution < 1.29 is 10.0 Å². The fourth-order valence-corrected chi connectivity index (χ4v) is 2.54. The van der Waals surface area contributed by atoms with Crippen LogP contribution in [-0.2, 0) is 11.2 Å². The summed E-state index contributed by atoms with van der Waals surface area (Å²) in [6.45, 7) is 2.06. The third kappa shape index (κ3) is 3.45. The van der Waals surface area contributed by atoms with Gasteiger partial charge in [-0.15, -0.1) is 0 Å². The standard InChI is InChI=1S/C13H18BrN5O2/c1-2-3-4-10-13(16-6-11(20)18-21)19-7-8(14)5-9(15)12(19)17-10/h5,7,16,21H,2-4,6,15H2,1H3,(H,18,20). The molecule has 7 nitrogen and oxygen atoms in total. The summed E-state index contributed by atoms with van der Waals surface area (Å²) in [7, 11) is 0. The van der Waals surface area contributed by atoms with Crippen LogP contribution in [0.3, 0.4) is 0 Å². The van der Waals surface area contributed by atoms with Crippen molar-refractivity contribution in [3.63, 3.8) is 0 Å². The number of halogens is 1. The van der Waals surface area contributed by atoms with E-state index in [2.05, 4.69) is 33.2 Å². The molecule has 0 aliphatic rings. The molecule has 5 N–H and O–H groups in total. The lowest BCUT2D eigenvalue weighted by molar-refractivity contribution is -0.127. The number of pyridine rings is 1. The predicted molar refractivity (Wildman–Crippen MR) is 84.3 cm³/mol. The molecule has 0 spiro atoms. The van der Waals surface area contributed by atoms with E-state index in [1.54, 1.807) is 11.5 Å². The van der Waals surface area contributed by atoms with E-state index in [0.717, 1.165) is 35.2 Å². The molecule has 1 amide bonds. The Morgan fingerprint density at radius 3 is 3.00 bits per heavy atom. The minimum absolute atomic E-state index is 0.0458. The number of hydrogen-bond donors (Lipinski definition) is 4. The van der Waals surface area contributed by atoms with Crippen molar-refractivity contribution in [3.8, 4) is 0 Å². The molecule has 21 heavy (non-hydrogen) atoms. The van der Waals surface area contributed by atoms with Gasteiger partial charge >= 0.3 is 0 Å². The topological polar surface area (TPSA) is 105 Å². The van der Waals surface area contributed by atoms with E-state index in [9.17, 15) is 4.79 Å². The molecule has 0 aliphatic heterocycles. The van der Waals surface area contributed by atoms with Crippen LogP contribution in [0.4, 0.5) is 11.5 Å². The Bertz CT molecular complexity index is 656. The molecule has 0 aromatic carbocycles. The minimum Gasteiger partial charge on any atom is -0.396 e. The second-order valence-corrected chi connectivity index (χ2v) is 5.62. The molecular formula is C13H18BrN5O2. The van der Waals surface area contributed by atoms with Crippen LogP contribution in [0.15, 0.2) is 16.7 Å². The number of aromatic nitrogens is 2. The Kier molecular flexibility index (Phi) is 5.03. The van der Waals surface area contributed by atoms with E-state index in [1.807, 2.05) is 10.6 Å². The van der Waals surface area contributed by atoms with Gasteiger partial charge in [0, 0.05) is 10.7 Å². The molecule has 2 aromatic heterocycles. The number of rotatable bonds is 6. The van der Waals surface area contributed by atoms with Crippen molar-refractivity contribution in [2.45, 2.75) is 26.2 Å². The Hall–Kier alpha value is -1.80. The number of fused-ring (bicyclic) bond motifs is 1. The number of unbranched alkanes of at least 4 members (excludes halogenated alkanes) is 1. The fraction of sp³-hybridized carbons (Fsp3) is 0.385. The largest absolute Gasteiger partial charge is 0.396 e. The molecule has 0 fully saturated rings. The maximum Gasteiger partial charge on any atom is 0.262 e. The lowest BCUT2D eigenvalue weighted by atomic mass is 10.2. The summed E-state index contributed by atoms with van der Waals surface area (Å²) in [4.78, 5) is 15.8. The number of aryl methyl sites for hydroxylation is 1. The Morgan fingerprint density at radius 2 is 2.33 bits per heavy atom. The average molecular weight is 356 g/mol. The highest BCUT2D eigenvalue weighted by Crippen LogP contribution is 2.26. The van der Waals surface area contributed by atoms with Gasteiger partial charge in [0.2, 0.25) is 0 Å². The van der Waals surface area contributed by atoms with Crippen molar-refractivity contribution >= 4 is 39.0 Å². The first-order valence-electron chi connectivity index (χ1n) is 6.69. The normalized spacial score (nSPS) is 10.8. The Labute approximate surface area is 130 Å². The number of nitrogen functional groups attached to an aromatic ring is 1.